The van der Waals surface area contributed by atoms with Crippen molar-refractivity contribution in [3.8, 4) is 0 Å². The maximum absolute atomic E-state index is 14.3. The molecule has 1 N–H and O–H groups in total. The van der Waals surface area contributed by atoms with Crippen molar-refractivity contribution in [2.45, 2.75) is 26.8 Å². The standard InChI is InChI=1S/C19H20F2N2O2/c1-10(2)18-12(19(24)25-4)8-9-15-16(11(3)22-23(15)18)17-13(20)6-5-7-14(17)21/h5-11,22H,1-4H3. The molecule has 2 aliphatic rings. The molecule has 2 aliphatic heterocycles. The van der Waals surface area contributed by atoms with Gasteiger partial charge in [0.05, 0.1) is 35.7 Å². The molecule has 6 heteroatoms. The number of esters is 1. The Balaban J connectivity index is 2.20. The van der Waals surface area contributed by atoms with Crippen LogP contribution < -0.4 is 5.43 Å². The highest BCUT2D eigenvalue weighted by Gasteiger charge is 2.37. The largest absolute Gasteiger partial charge is 0.465 e. The molecule has 0 aliphatic carbocycles. The number of fused-ring (bicyclic) bond motifs is 1. The summed E-state index contributed by atoms with van der Waals surface area (Å²) in [4.78, 5) is 12.1. The molecule has 132 valence electrons. The number of methoxy groups -OCH3 is 1. The van der Waals surface area contributed by atoms with Crippen LogP contribution >= 0.6 is 0 Å². The fraction of sp³-hybridized carbons (Fsp3) is 0.316. The van der Waals surface area contributed by atoms with Crippen LogP contribution in [0.1, 0.15) is 26.3 Å². The van der Waals surface area contributed by atoms with Gasteiger partial charge >= 0.3 is 5.97 Å². The highest BCUT2D eigenvalue weighted by Crippen LogP contribution is 2.40. The Bertz CT molecular complexity index is 804. The van der Waals surface area contributed by atoms with Crippen LogP contribution in [0.5, 0.6) is 0 Å². The molecule has 0 fully saturated rings. The number of hydrazine groups is 1. The number of rotatable bonds is 3. The van der Waals surface area contributed by atoms with Gasteiger partial charge in [0.25, 0.3) is 0 Å². The van der Waals surface area contributed by atoms with Gasteiger partial charge in [-0.25, -0.2) is 19.0 Å². The second-order valence-corrected chi connectivity index (χ2v) is 6.36. The van der Waals surface area contributed by atoms with Gasteiger partial charge in [-0.05, 0) is 37.1 Å². The molecule has 0 aromatic heterocycles. The summed E-state index contributed by atoms with van der Waals surface area (Å²) in [7, 11) is 1.33. The van der Waals surface area contributed by atoms with Crippen LogP contribution in [0.2, 0.25) is 0 Å². The van der Waals surface area contributed by atoms with Gasteiger partial charge in [0, 0.05) is 5.57 Å². The van der Waals surface area contributed by atoms with Crippen LogP contribution in [0.15, 0.2) is 47.3 Å². The maximum atomic E-state index is 14.3. The molecule has 0 bridgehead atoms. The SMILES string of the molecule is COC(=O)C1=C(C(C)C)N2NC(C)C(c3c(F)cccc3F)=C2C=C1. The summed E-state index contributed by atoms with van der Waals surface area (Å²) < 4.78 is 33.5. The summed E-state index contributed by atoms with van der Waals surface area (Å²) in [5.41, 5.74) is 5.45. The number of nitrogens with zero attached hydrogens (tertiary/aromatic N) is 1. The van der Waals surface area contributed by atoms with E-state index in [2.05, 4.69) is 5.43 Å². The van der Waals surface area contributed by atoms with E-state index in [0.29, 0.717) is 22.5 Å². The lowest BCUT2D eigenvalue weighted by Gasteiger charge is -2.31. The number of halogens is 2. The molecule has 3 rings (SSSR count). The molecular weight excluding hydrogens is 326 g/mol. The second-order valence-electron chi connectivity index (χ2n) is 6.36. The van der Waals surface area contributed by atoms with Gasteiger partial charge in [0.2, 0.25) is 0 Å². The molecule has 2 heterocycles. The molecule has 4 nitrogen and oxygen atoms in total. The van der Waals surface area contributed by atoms with Crippen molar-refractivity contribution in [3.05, 3.63) is 64.5 Å². The van der Waals surface area contributed by atoms with Crippen LogP contribution in [0.3, 0.4) is 0 Å². The van der Waals surface area contributed by atoms with Crippen LogP contribution in [0.25, 0.3) is 5.57 Å². The number of nitrogens with one attached hydrogen (secondary N) is 1. The van der Waals surface area contributed by atoms with E-state index < -0.39 is 17.6 Å². The van der Waals surface area contributed by atoms with E-state index >= 15 is 0 Å². The van der Waals surface area contributed by atoms with E-state index in [1.165, 1.54) is 25.3 Å². The first-order chi connectivity index (χ1) is 11.9. The fourth-order valence-electron chi connectivity index (χ4n) is 3.35. The normalized spacial score (nSPS) is 19.8. The Kier molecular flexibility index (Phi) is 4.47. The number of carbonyl (C=O) groups is 1. The third kappa shape index (κ3) is 2.76. The number of ether oxygens (including phenoxy) is 1. The third-order valence-electron chi connectivity index (χ3n) is 4.38. The van der Waals surface area contributed by atoms with Crippen molar-refractivity contribution in [1.82, 2.24) is 10.4 Å². The van der Waals surface area contributed by atoms with Gasteiger partial charge < -0.3 is 4.74 Å². The van der Waals surface area contributed by atoms with E-state index in [1.807, 2.05) is 20.8 Å². The van der Waals surface area contributed by atoms with Crippen LogP contribution in [-0.4, -0.2) is 24.1 Å². The average molecular weight is 346 g/mol. The molecular formula is C19H20F2N2O2. The molecule has 1 atom stereocenters. The molecule has 0 spiro atoms. The summed E-state index contributed by atoms with van der Waals surface area (Å²) in [6.07, 6.45) is 3.33. The zero-order valence-corrected chi connectivity index (χ0v) is 14.6. The number of benzene rings is 1. The molecule has 0 amide bonds. The van der Waals surface area contributed by atoms with E-state index in [0.717, 1.165) is 0 Å². The Morgan fingerprint density at radius 1 is 1.24 bits per heavy atom. The minimum Gasteiger partial charge on any atom is -0.465 e. The highest BCUT2D eigenvalue weighted by atomic mass is 19.1. The molecule has 1 unspecified atom stereocenters. The van der Waals surface area contributed by atoms with Gasteiger partial charge in [-0.15, -0.1) is 0 Å². The smallest absolute Gasteiger partial charge is 0.339 e. The Labute approximate surface area is 145 Å². The van der Waals surface area contributed by atoms with Crippen molar-refractivity contribution < 1.29 is 18.3 Å². The fourth-order valence-corrected chi connectivity index (χ4v) is 3.35. The summed E-state index contributed by atoms with van der Waals surface area (Å²) >= 11 is 0. The lowest BCUT2D eigenvalue weighted by molar-refractivity contribution is -0.135. The third-order valence-corrected chi connectivity index (χ3v) is 4.38. The maximum Gasteiger partial charge on any atom is 0.339 e. The van der Waals surface area contributed by atoms with Crippen molar-refractivity contribution in [1.29, 1.82) is 0 Å². The second kappa shape index (κ2) is 6.44. The first-order valence-corrected chi connectivity index (χ1v) is 8.12. The first-order valence-electron chi connectivity index (χ1n) is 8.12. The molecule has 0 saturated heterocycles. The predicted molar refractivity (Wildman–Crippen MR) is 90.7 cm³/mol. The van der Waals surface area contributed by atoms with Crippen molar-refractivity contribution in [2.24, 2.45) is 5.92 Å². The quantitative estimate of drug-likeness (QED) is 0.850. The van der Waals surface area contributed by atoms with E-state index in [-0.39, 0.29) is 17.5 Å². The van der Waals surface area contributed by atoms with Crippen LogP contribution in [0.4, 0.5) is 8.78 Å². The zero-order valence-electron chi connectivity index (χ0n) is 14.6. The average Bonchev–Trinajstić information content (AvgIpc) is 2.89. The van der Waals surface area contributed by atoms with Crippen molar-refractivity contribution in [3.63, 3.8) is 0 Å². The Hall–Kier alpha value is -2.47. The monoisotopic (exact) mass is 346 g/mol. The van der Waals surface area contributed by atoms with Gasteiger partial charge in [0.1, 0.15) is 11.6 Å². The minimum absolute atomic E-state index is 0.00133. The van der Waals surface area contributed by atoms with E-state index in [4.69, 9.17) is 4.74 Å². The highest BCUT2D eigenvalue weighted by molar-refractivity contribution is 5.94. The van der Waals surface area contributed by atoms with Crippen LogP contribution in [0, 0.1) is 17.6 Å². The Morgan fingerprint density at radius 3 is 2.44 bits per heavy atom. The van der Waals surface area contributed by atoms with E-state index in [1.54, 1.807) is 17.2 Å². The summed E-state index contributed by atoms with van der Waals surface area (Å²) in [6.45, 7) is 5.72. The molecule has 0 radical (unpaired) electrons. The summed E-state index contributed by atoms with van der Waals surface area (Å²) in [5, 5.41) is 1.74. The molecule has 25 heavy (non-hydrogen) atoms. The molecule has 1 aromatic carbocycles. The molecule has 0 saturated carbocycles. The van der Waals surface area contributed by atoms with E-state index in [9.17, 15) is 13.6 Å². The van der Waals surface area contributed by atoms with Gasteiger partial charge in [0.15, 0.2) is 0 Å². The summed E-state index contributed by atoms with van der Waals surface area (Å²) in [5.74, 6) is -1.67. The number of hydrogen-bond donors (Lipinski definition) is 1. The Morgan fingerprint density at radius 2 is 1.88 bits per heavy atom. The number of allylic oxidation sites excluding steroid dienone is 2. The lowest BCUT2D eigenvalue weighted by Crippen LogP contribution is -2.39. The lowest BCUT2D eigenvalue weighted by atomic mass is 9.94. The topological polar surface area (TPSA) is 41.6 Å². The number of carbonyl (C=O) groups excluding carboxylic acids is 1. The summed E-state index contributed by atoms with van der Waals surface area (Å²) in [6, 6.07) is 3.51. The van der Waals surface area contributed by atoms with Gasteiger partial charge in [-0.1, -0.05) is 19.9 Å². The minimum atomic E-state index is -0.611. The molecule has 1 aromatic rings. The van der Waals surface area contributed by atoms with Crippen molar-refractivity contribution in [2.75, 3.05) is 7.11 Å². The van der Waals surface area contributed by atoms with Gasteiger partial charge in [-0.2, -0.15) is 0 Å². The predicted octanol–water partition coefficient (Wildman–Crippen LogP) is 3.54. The van der Waals surface area contributed by atoms with Crippen molar-refractivity contribution >= 4 is 11.5 Å². The van der Waals surface area contributed by atoms with Crippen LogP contribution in [-0.2, 0) is 9.53 Å². The zero-order chi connectivity index (χ0) is 18.3. The number of hydrogen-bond acceptors (Lipinski definition) is 4. The first kappa shape index (κ1) is 17.4. The van der Waals surface area contributed by atoms with Gasteiger partial charge in [-0.3, -0.25) is 5.01 Å².